The third kappa shape index (κ3) is 3.65. The van der Waals surface area contributed by atoms with Crippen LogP contribution < -0.4 is 10.6 Å². The number of aryl methyl sites for hydroxylation is 2. The summed E-state index contributed by atoms with van der Waals surface area (Å²) in [5, 5.41) is 6.71. The van der Waals surface area contributed by atoms with Gasteiger partial charge >= 0.3 is 0 Å². The quantitative estimate of drug-likeness (QED) is 0.778. The Bertz CT molecular complexity index is 683. The first kappa shape index (κ1) is 17.0. The predicted molar refractivity (Wildman–Crippen MR) is 97.4 cm³/mol. The Morgan fingerprint density at radius 1 is 1.21 bits per heavy atom. The fourth-order valence-electron chi connectivity index (χ4n) is 4.31. The van der Waals surface area contributed by atoms with Crippen LogP contribution in [-0.2, 0) is 4.79 Å². The Labute approximate surface area is 145 Å². The molecule has 1 aliphatic carbocycles. The molecule has 128 valence electrons. The van der Waals surface area contributed by atoms with E-state index in [0.717, 1.165) is 18.0 Å². The number of hydrogen-bond donors (Lipinski definition) is 2. The molecule has 3 atom stereocenters. The van der Waals surface area contributed by atoms with Crippen LogP contribution in [0, 0.1) is 37.5 Å². The molecule has 1 saturated heterocycles. The van der Waals surface area contributed by atoms with Crippen LogP contribution in [0.25, 0.3) is 0 Å². The largest absolute Gasteiger partial charge is 0.327 e. The smallest absolute Gasteiger partial charge is 0.297 e. The molecule has 2 N–H and O–H groups in total. The minimum atomic E-state index is -0.321. The average Bonchev–Trinajstić information content (AvgIpc) is 2.56. The molecule has 1 aliphatic heterocycles. The van der Waals surface area contributed by atoms with Crippen LogP contribution in [-0.4, -0.2) is 18.1 Å². The van der Waals surface area contributed by atoms with Crippen molar-refractivity contribution in [3.05, 3.63) is 34.9 Å². The lowest BCUT2D eigenvalue weighted by molar-refractivity contribution is -0.119. The molecule has 3 rings (SSSR count). The van der Waals surface area contributed by atoms with E-state index >= 15 is 0 Å². The summed E-state index contributed by atoms with van der Waals surface area (Å²) >= 11 is 0. The lowest BCUT2D eigenvalue weighted by Gasteiger charge is -2.49. The fourth-order valence-corrected chi connectivity index (χ4v) is 4.31. The SMILES string of the molecule is Cc1ccc(C#CC(=O)NC2(C)NCCC3CCCCC32)cc1C. The number of benzene rings is 1. The van der Waals surface area contributed by atoms with Crippen molar-refractivity contribution in [3.63, 3.8) is 0 Å². The number of carbonyl (C=O) groups excluding carboxylic acids is 1. The monoisotopic (exact) mass is 324 g/mol. The average molecular weight is 324 g/mol. The summed E-state index contributed by atoms with van der Waals surface area (Å²) < 4.78 is 0. The zero-order chi connectivity index (χ0) is 17.2. The van der Waals surface area contributed by atoms with Crippen molar-refractivity contribution in [1.29, 1.82) is 0 Å². The lowest BCUT2D eigenvalue weighted by Crippen LogP contribution is -2.66. The molecule has 1 aromatic rings. The summed E-state index contributed by atoms with van der Waals surface area (Å²) in [6, 6.07) is 6.06. The predicted octanol–water partition coefficient (Wildman–Crippen LogP) is 3.29. The van der Waals surface area contributed by atoms with Gasteiger partial charge in [-0.05, 0) is 81.7 Å². The number of carbonyl (C=O) groups is 1. The Hall–Kier alpha value is -1.79. The van der Waals surface area contributed by atoms with E-state index in [9.17, 15) is 4.79 Å². The van der Waals surface area contributed by atoms with Gasteiger partial charge in [-0.1, -0.05) is 24.8 Å². The standard InChI is InChI=1S/C21H28N2O/c1-15-8-9-17(14-16(15)2)10-11-20(24)23-21(3)19-7-5-4-6-18(19)12-13-22-21/h8-9,14,18-19,22H,4-7,12-13H2,1-3H3,(H,23,24). The highest BCUT2D eigenvalue weighted by molar-refractivity contribution is 5.94. The summed E-state index contributed by atoms with van der Waals surface area (Å²) in [6.07, 6.45) is 6.32. The molecule has 2 aliphatic rings. The Kier molecular flexibility index (Phi) is 4.96. The normalized spacial score (nSPS) is 29.1. The zero-order valence-corrected chi connectivity index (χ0v) is 15.0. The summed E-state index contributed by atoms with van der Waals surface area (Å²) in [6.45, 7) is 7.25. The summed E-state index contributed by atoms with van der Waals surface area (Å²) in [5.41, 5.74) is 3.02. The second-order valence-corrected chi connectivity index (χ2v) is 7.57. The molecular formula is C21H28N2O. The number of amides is 1. The number of nitrogens with one attached hydrogen (secondary N) is 2. The van der Waals surface area contributed by atoms with E-state index in [1.807, 2.05) is 18.2 Å². The molecule has 0 bridgehead atoms. The van der Waals surface area contributed by atoms with Gasteiger partial charge in [0.1, 0.15) is 0 Å². The Balaban J connectivity index is 1.69. The minimum absolute atomic E-state index is 0.186. The molecule has 0 radical (unpaired) electrons. The van der Waals surface area contributed by atoms with Gasteiger partial charge in [-0.15, -0.1) is 0 Å². The van der Waals surface area contributed by atoms with E-state index in [4.69, 9.17) is 0 Å². The lowest BCUT2D eigenvalue weighted by atomic mass is 9.69. The van der Waals surface area contributed by atoms with Crippen molar-refractivity contribution in [2.45, 2.75) is 58.5 Å². The number of piperidine rings is 1. The van der Waals surface area contributed by atoms with Gasteiger partial charge in [0.05, 0.1) is 5.66 Å². The van der Waals surface area contributed by atoms with Crippen LogP contribution in [0.2, 0.25) is 0 Å². The van der Waals surface area contributed by atoms with Crippen LogP contribution in [0.5, 0.6) is 0 Å². The Morgan fingerprint density at radius 2 is 2.00 bits per heavy atom. The Morgan fingerprint density at radius 3 is 2.79 bits per heavy atom. The third-order valence-electron chi connectivity index (χ3n) is 5.86. The van der Waals surface area contributed by atoms with Crippen molar-refractivity contribution in [1.82, 2.24) is 10.6 Å². The summed E-state index contributed by atoms with van der Waals surface area (Å²) in [5.74, 6) is 6.84. The molecule has 1 aromatic carbocycles. The van der Waals surface area contributed by atoms with Gasteiger partial charge in [-0.25, -0.2) is 0 Å². The molecule has 24 heavy (non-hydrogen) atoms. The summed E-state index contributed by atoms with van der Waals surface area (Å²) in [7, 11) is 0. The van der Waals surface area contributed by atoms with Crippen molar-refractivity contribution in [2.24, 2.45) is 11.8 Å². The van der Waals surface area contributed by atoms with Gasteiger partial charge in [0.15, 0.2) is 0 Å². The first-order chi connectivity index (χ1) is 11.5. The molecule has 0 spiro atoms. The molecule has 0 aromatic heterocycles. The first-order valence-corrected chi connectivity index (χ1v) is 9.14. The van der Waals surface area contributed by atoms with Crippen molar-refractivity contribution < 1.29 is 4.79 Å². The number of rotatable bonds is 1. The summed E-state index contributed by atoms with van der Waals surface area (Å²) in [4.78, 5) is 12.4. The van der Waals surface area contributed by atoms with E-state index in [1.165, 1.54) is 43.2 Å². The van der Waals surface area contributed by atoms with Gasteiger partial charge in [-0.2, -0.15) is 0 Å². The second-order valence-electron chi connectivity index (χ2n) is 7.57. The van der Waals surface area contributed by atoms with Crippen molar-refractivity contribution in [3.8, 4) is 11.8 Å². The van der Waals surface area contributed by atoms with Crippen LogP contribution in [0.15, 0.2) is 18.2 Å². The maximum atomic E-state index is 12.4. The molecule has 3 nitrogen and oxygen atoms in total. The molecule has 3 heteroatoms. The van der Waals surface area contributed by atoms with Crippen LogP contribution in [0.1, 0.15) is 55.7 Å². The van der Waals surface area contributed by atoms with Crippen LogP contribution >= 0.6 is 0 Å². The van der Waals surface area contributed by atoms with Crippen molar-refractivity contribution >= 4 is 5.91 Å². The molecule has 1 amide bonds. The molecular weight excluding hydrogens is 296 g/mol. The maximum absolute atomic E-state index is 12.4. The van der Waals surface area contributed by atoms with Crippen molar-refractivity contribution in [2.75, 3.05) is 6.54 Å². The highest BCUT2D eigenvalue weighted by atomic mass is 16.1. The highest BCUT2D eigenvalue weighted by Crippen LogP contribution is 2.40. The zero-order valence-electron chi connectivity index (χ0n) is 15.0. The fraction of sp³-hybridized carbons (Fsp3) is 0.571. The maximum Gasteiger partial charge on any atom is 0.297 e. The molecule has 2 fully saturated rings. The highest BCUT2D eigenvalue weighted by Gasteiger charge is 2.43. The van der Waals surface area contributed by atoms with E-state index < -0.39 is 0 Å². The van der Waals surface area contributed by atoms with Crippen LogP contribution in [0.4, 0.5) is 0 Å². The molecule has 1 heterocycles. The van der Waals surface area contributed by atoms with E-state index in [2.05, 4.69) is 43.2 Å². The van der Waals surface area contributed by atoms with Gasteiger partial charge < -0.3 is 5.32 Å². The van der Waals surface area contributed by atoms with Gasteiger partial charge in [-0.3, -0.25) is 10.1 Å². The molecule has 3 unspecified atom stereocenters. The van der Waals surface area contributed by atoms with Gasteiger partial charge in [0, 0.05) is 11.5 Å². The third-order valence-corrected chi connectivity index (χ3v) is 5.86. The van der Waals surface area contributed by atoms with Crippen LogP contribution in [0.3, 0.4) is 0 Å². The number of fused-ring (bicyclic) bond motifs is 1. The van der Waals surface area contributed by atoms with E-state index in [1.54, 1.807) is 0 Å². The van der Waals surface area contributed by atoms with E-state index in [-0.39, 0.29) is 11.6 Å². The van der Waals surface area contributed by atoms with Gasteiger partial charge in [0.25, 0.3) is 5.91 Å². The topological polar surface area (TPSA) is 41.1 Å². The molecule has 1 saturated carbocycles. The minimum Gasteiger partial charge on any atom is -0.327 e. The number of hydrogen-bond acceptors (Lipinski definition) is 2. The second kappa shape index (κ2) is 6.99. The van der Waals surface area contributed by atoms with E-state index in [0.29, 0.717) is 5.92 Å². The van der Waals surface area contributed by atoms with Gasteiger partial charge in [0.2, 0.25) is 0 Å². The first-order valence-electron chi connectivity index (χ1n) is 9.14.